The standard InChI is InChI=1S/C13H9NO5S/c15-13-8-4-1-2-6-10(8)19-11-7-3-5-9(12(11)13)14-20(16,17)18/h1-7,14H,(H,16,17,18). The number of rotatable bonds is 2. The summed E-state index contributed by atoms with van der Waals surface area (Å²) in [5.41, 5.74) is 0.259. The van der Waals surface area contributed by atoms with Crippen molar-refractivity contribution in [3.05, 3.63) is 52.7 Å². The molecule has 0 amide bonds. The lowest BCUT2D eigenvalue weighted by Crippen LogP contribution is -2.13. The van der Waals surface area contributed by atoms with Gasteiger partial charge in [0.1, 0.15) is 11.2 Å². The minimum Gasteiger partial charge on any atom is -0.456 e. The average Bonchev–Trinajstić information content (AvgIpc) is 2.37. The third kappa shape index (κ3) is 2.13. The zero-order valence-corrected chi connectivity index (χ0v) is 10.8. The number of anilines is 1. The van der Waals surface area contributed by atoms with Crippen LogP contribution in [0.5, 0.6) is 0 Å². The van der Waals surface area contributed by atoms with Crippen LogP contribution in [0.3, 0.4) is 0 Å². The fourth-order valence-corrected chi connectivity index (χ4v) is 2.52. The van der Waals surface area contributed by atoms with Gasteiger partial charge in [-0.05, 0) is 24.3 Å². The van der Waals surface area contributed by atoms with Gasteiger partial charge in [0.15, 0.2) is 0 Å². The molecule has 0 aliphatic heterocycles. The summed E-state index contributed by atoms with van der Waals surface area (Å²) < 4.78 is 38.2. The normalized spacial score (nSPS) is 11.8. The van der Waals surface area contributed by atoms with Gasteiger partial charge < -0.3 is 4.42 Å². The van der Waals surface area contributed by atoms with Crippen molar-refractivity contribution in [2.45, 2.75) is 0 Å². The van der Waals surface area contributed by atoms with Crippen molar-refractivity contribution < 1.29 is 17.4 Å². The van der Waals surface area contributed by atoms with Crippen LogP contribution < -0.4 is 10.2 Å². The van der Waals surface area contributed by atoms with Gasteiger partial charge in [0.2, 0.25) is 5.43 Å². The molecule has 2 aromatic carbocycles. The Labute approximate surface area is 113 Å². The highest BCUT2D eigenvalue weighted by molar-refractivity contribution is 7.87. The van der Waals surface area contributed by atoms with Crippen molar-refractivity contribution in [2.75, 3.05) is 4.72 Å². The van der Waals surface area contributed by atoms with E-state index in [9.17, 15) is 13.2 Å². The highest BCUT2D eigenvalue weighted by atomic mass is 32.2. The van der Waals surface area contributed by atoms with E-state index in [1.807, 2.05) is 4.72 Å². The molecular formula is C13H9NO5S. The molecule has 0 atom stereocenters. The molecule has 0 saturated heterocycles. The molecule has 0 unspecified atom stereocenters. The Morgan fingerprint density at radius 3 is 2.45 bits per heavy atom. The van der Waals surface area contributed by atoms with Gasteiger partial charge in [0.25, 0.3) is 0 Å². The zero-order valence-electron chi connectivity index (χ0n) is 10.0. The molecular weight excluding hydrogens is 282 g/mol. The van der Waals surface area contributed by atoms with Crippen molar-refractivity contribution in [1.82, 2.24) is 0 Å². The molecule has 0 saturated carbocycles. The smallest absolute Gasteiger partial charge is 0.357 e. The van der Waals surface area contributed by atoms with E-state index < -0.39 is 10.3 Å². The summed E-state index contributed by atoms with van der Waals surface area (Å²) in [5.74, 6) is 0. The van der Waals surface area contributed by atoms with Crippen molar-refractivity contribution in [3.63, 3.8) is 0 Å². The maximum atomic E-state index is 12.4. The van der Waals surface area contributed by atoms with Crippen LogP contribution in [-0.4, -0.2) is 13.0 Å². The number of hydrogen-bond donors (Lipinski definition) is 2. The Kier molecular flexibility index (Phi) is 2.73. The maximum Gasteiger partial charge on any atom is 0.357 e. The van der Waals surface area contributed by atoms with Crippen LogP contribution in [0.2, 0.25) is 0 Å². The molecule has 1 heterocycles. The van der Waals surface area contributed by atoms with E-state index in [-0.39, 0.29) is 22.1 Å². The van der Waals surface area contributed by atoms with Crippen LogP contribution in [0.4, 0.5) is 5.69 Å². The summed E-state index contributed by atoms with van der Waals surface area (Å²) in [5, 5.41) is 0.411. The van der Waals surface area contributed by atoms with Crippen molar-refractivity contribution >= 4 is 37.9 Å². The third-order valence-electron chi connectivity index (χ3n) is 2.84. The van der Waals surface area contributed by atoms with Gasteiger partial charge >= 0.3 is 10.3 Å². The molecule has 0 radical (unpaired) electrons. The van der Waals surface area contributed by atoms with Gasteiger partial charge in [-0.3, -0.25) is 14.1 Å². The molecule has 102 valence electrons. The Morgan fingerprint density at radius 2 is 1.70 bits per heavy atom. The van der Waals surface area contributed by atoms with E-state index in [2.05, 4.69) is 0 Å². The highest BCUT2D eigenvalue weighted by Gasteiger charge is 2.14. The predicted octanol–water partition coefficient (Wildman–Crippen LogP) is 2.16. The molecule has 3 aromatic rings. The van der Waals surface area contributed by atoms with Crippen molar-refractivity contribution in [2.24, 2.45) is 0 Å². The topological polar surface area (TPSA) is 96.6 Å². The van der Waals surface area contributed by atoms with Gasteiger partial charge in [-0.2, -0.15) is 8.42 Å². The summed E-state index contributed by atoms with van der Waals surface area (Å²) in [7, 11) is -4.47. The van der Waals surface area contributed by atoms with Gasteiger partial charge in [0, 0.05) is 0 Å². The molecule has 6 nitrogen and oxygen atoms in total. The number of nitrogens with one attached hydrogen (secondary N) is 1. The fourth-order valence-electron chi connectivity index (χ4n) is 2.07. The van der Waals surface area contributed by atoms with E-state index in [1.165, 1.54) is 12.1 Å². The first-order valence-corrected chi connectivity index (χ1v) is 7.09. The average molecular weight is 291 g/mol. The van der Waals surface area contributed by atoms with E-state index in [0.717, 1.165) is 0 Å². The lowest BCUT2D eigenvalue weighted by atomic mass is 10.1. The quantitative estimate of drug-likeness (QED) is 0.557. The Balaban J connectivity index is 2.45. The van der Waals surface area contributed by atoms with Crippen molar-refractivity contribution in [3.8, 4) is 0 Å². The van der Waals surface area contributed by atoms with Crippen LogP contribution in [-0.2, 0) is 10.3 Å². The fraction of sp³-hybridized carbons (Fsp3) is 0. The molecule has 3 rings (SSSR count). The lowest BCUT2D eigenvalue weighted by Gasteiger charge is -2.07. The molecule has 0 spiro atoms. The summed E-state index contributed by atoms with van der Waals surface area (Å²) in [6.07, 6.45) is 0. The minimum atomic E-state index is -4.47. The van der Waals surface area contributed by atoms with Gasteiger partial charge in [-0.1, -0.05) is 18.2 Å². The molecule has 0 aliphatic carbocycles. The second kappa shape index (κ2) is 4.32. The second-order valence-corrected chi connectivity index (χ2v) is 5.34. The molecule has 0 fully saturated rings. The summed E-state index contributed by atoms with van der Waals surface area (Å²) in [6, 6.07) is 11.1. The first kappa shape index (κ1) is 12.6. The largest absolute Gasteiger partial charge is 0.456 e. The lowest BCUT2D eigenvalue weighted by molar-refractivity contribution is 0.490. The van der Waals surface area contributed by atoms with Crippen LogP contribution in [0.1, 0.15) is 0 Å². The van der Waals surface area contributed by atoms with Gasteiger partial charge in [-0.25, -0.2) is 0 Å². The van der Waals surface area contributed by atoms with E-state index >= 15 is 0 Å². The molecule has 20 heavy (non-hydrogen) atoms. The molecule has 7 heteroatoms. The van der Waals surface area contributed by atoms with E-state index in [0.29, 0.717) is 11.0 Å². The summed E-state index contributed by atoms with van der Waals surface area (Å²) in [6.45, 7) is 0. The van der Waals surface area contributed by atoms with Crippen LogP contribution in [0, 0.1) is 0 Å². The monoisotopic (exact) mass is 291 g/mol. The number of fused-ring (bicyclic) bond motifs is 2. The summed E-state index contributed by atoms with van der Waals surface area (Å²) >= 11 is 0. The van der Waals surface area contributed by atoms with E-state index in [4.69, 9.17) is 8.97 Å². The molecule has 0 aliphatic rings. The Hall–Kier alpha value is -2.38. The van der Waals surface area contributed by atoms with E-state index in [1.54, 1.807) is 30.3 Å². The highest BCUT2D eigenvalue weighted by Crippen LogP contribution is 2.24. The zero-order chi connectivity index (χ0) is 14.3. The summed E-state index contributed by atoms with van der Waals surface area (Å²) in [4.78, 5) is 12.4. The number of hydrogen-bond acceptors (Lipinski definition) is 4. The van der Waals surface area contributed by atoms with Crippen molar-refractivity contribution in [1.29, 1.82) is 0 Å². The second-order valence-electron chi connectivity index (χ2n) is 4.18. The first-order chi connectivity index (χ1) is 9.46. The molecule has 1 aromatic heterocycles. The maximum absolute atomic E-state index is 12.4. The minimum absolute atomic E-state index is 0.0236. The third-order valence-corrected chi connectivity index (χ3v) is 3.32. The van der Waals surface area contributed by atoms with Crippen LogP contribution in [0.25, 0.3) is 21.9 Å². The number of benzene rings is 2. The predicted molar refractivity (Wildman–Crippen MR) is 75.2 cm³/mol. The van der Waals surface area contributed by atoms with Gasteiger partial charge in [0.05, 0.1) is 16.5 Å². The molecule has 2 N–H and O–H groups in total. The van der Waals surface area contributed by atoms with Gasteiger partial charge in [-0.15, -0.1) is 0 Å². The first-order valence-electron chi connectivity index (χ1n) is 5.65. The number of para-hydroxylation sites is 1. The van der Waals surface area contributed by atoms with Crippen LogP contribution in [0.15, 0.2) is 51.7 Å². The Morgan fingerprint density at radius 1 is 1.00 bits per heavy atom. The molecule has 0 bridgehead atoms. The SMILES string of the molecule is O=c1c2ccccc2oc2cccc(NS(=O)(=O)O)c12. The van der Waals surface area contributed by atoms with Crippen LogP contribution >= 0.6 is 0 Å². The Bertz CT molecular complexity index is 975.